The molecule has 3 heterocycles. The largest absolute Gasteiger partial charge is 0.494 e. The summed E-state index contributed by atoms with van der Waals surface area (Å²) < 4.78 is 46.9. The number of para-hydroxylation sites is 1. The first-order valence-corrected chi connectivity index (χ1v) is 11.5. The Morgan fingerprint density at radius 3 is 2.45 bits per heavy atom. The molecule has 3 aromatic heterocycles. The summed E-state index contributed by atoms with van der Waals surface area (Å²) in [4.78, 5) is 7.96. The van der Waals surface area contributed by atoms with E-state index < -0.39 is 15.3 Å². The van der Waals surface area contributed by atoms with Gasteiger partial charge >= 0.3 is 0 Å². The summed E-state index contributed by atoms with van der Waals surface area (Å²) in [5.41, 5.74) is 1.02. The fourth-order valence-corrected chi connectivity index (χ4v) is 4.23. The van der Waals surface area contributed by atoms with E-state index in [1.54, 1.807) is 49.5 Å². The van der Waals surface area contributed by atoms with Crippen LogP contribution in [0.3, 0.4) is 0 Å². The number of methoxy groups -OCH3 is 2. The van der Waals surface area contributed by atoms with Gasteiger partial charge in [0.25, 0.3) is 0 Å². The zero-order valence-corrected chi connectivity index (χ0v) is 19.0. The molecule has 0 bridgehead atoms. The summed E-state index contributed by atoms with van der Waals surface area (Å²) >= 11 is 0. The first kappa shape index (κ1) is 22.3. The minimum Gasteiger partial charge on any atom is -0.494 e. The molecule has 0 unspecified atom stereocenters. The molecule has 0 amide bonds. The maximum absolute atomic E-state index is 13.2. The zero-order chi connectivity index (χ0) is 23.4. The number of hydrogen-bond donors (Lipinski definition) is 1. The van der Waals surface area contributed by atoms with E-state index in [9.17, 15) is 8.42 Å². The van der Waals surface area contributed by atoms with Crippen LogP contribution in [0, 0.1) is 0 Å². The Labute approximate surface area is 190 Å². The first-order chi connectivity index (χ1) is 15.9. The van der Waals surface area contributed by atoms with Crippen molar-refractivity contribution < 1.29 is 22.3 Å². The Morgan fingerprint density at radius 1 is 1.09 bits per heavy atom. The van der Waals surface area contributed by atoms with Crippen LogP contribution in [0.4, 0.5) is 5.95 Å². The third kappa shape index (κ3) is 4.51. The molecule has 0 spiro atoms. The van der Waals surface area contributed by atoms with Crippen molar-refractivity contribution >= 4 is 16.0 Å². The molecule has 11 nitrogen and oxygen atoms in total. The summed E-state index contributed by atoms with van der Waals surface area (Å²) in [6, 6.07) is 10.3. The lowest BCUT2D eigenvalue weighted by molar-refractivity contribution is 0.391. The number of hydrogen-bond acceptors (Lipinski definition) is 9. The van der Waals surface area contributed by atoms with Crippen LogP contribution in [0.1, 0.15) is 12.6 Å². The average molecular weight is 471 g/mol. The number of anilines is 1. The molecule has 12 heteroatoms. The highest BCUT2D eigenvalue weighted by Gasteiger charge is 2.28. The number of nitrogens with zero attached hydrogens (tertiary/aromatic N) is 5. The molecule has 0 aliphatic heterocycles. The molecule has 0 fully saturated rings. The maximum Gasteiger partial charge on any atom is 0.243 e. The van der Waals surface area contributed by atoms with Gasteiger partial charge in [-0.2, -0.15) is 0 Å². The van der Waals surface area contributed by atoms with E-state index >= 15 is 0 Å². The smallest absolute Gasteiger partial charge is 0.243 e. The first-order valence-electron chi connectivity index (χ1n) is 9.91. The van der Waals surface area contributed by atoms with Crippen molar-refractivity contribution in [2.24, 2.45) is 0 Å². The summed E-state index contributed by atoms with van der Waals surface area (Å²) in [6.45, 7) is 1.59. The van der Waals surface area contributed by atoms with Crippen molar-refractivity contribution in [3.63, 3.8) is 0 Å². The quantitative estimate of drug-likeness (QED) is 0.392. The lowest BCUT2D eigenvalue weighted by atomic mass is 10.2. The van der Waals surface area contributed by atoms with Crippen molar-refractivity contribution in [1.29, 1.82) is 0 Å². The summed E-state index contributed by atoms with van der Waals surface area (Å²) in [5.74, 6) is 1.46. The van der Waals surface area contributed by atoms with Crippen molar-refractivity contribution in [3.8, 4) is 28.8 Å². The van der Waals surface area contributed by atoms with Crippen molar-refractivity contribution in [1.82, 2.24) is 24.7 Å². The van der Waals surface area contributed by atoms with Gasteiger partial charge in [-0.25, -0.2) is 18.4 Å². The monoisotopic (exact) mass is 470 g/mol. The van der Waals surface area contributed by atoms with Crippen LogP contribution in [0.5, 0.6) is 11.5 Å². The second-order valence-electron chi connectivity index (χ2n) is 7.03. The second-order valence-corrected chi connectivity index (χ2v) is 9.13. The number of furan rings is 1. The highest BCUT2D eigenvalue weighted by atomic mass is 32.2. The van der Waals surface area contributed by atoms with Gasteiger partial charge in [-0.3, -0.25) is 9.29 Å². The van der Waals surface area contributed by atoms with E-state index in [4.69, 9.17) is 13.9 Å². The Hall–Kier alpha value is -3.93. The molecule has 33 heavy (non-hydrogen) atoms. The average Bonchev–Trinajstić information content (AvgIpc) is 3.49. The SMILES string of the molecule is COc1cccc(OC)c1-n1c(NS(=O)(=O)[C@H](C)Cc2ccncn2)nnc1-c1ccco1. The predicted molar refractivity (Wildman–Crippen MR) is 120 cm³/mol. The summed E-state index contributed by atoms with van der Waals surface area (Å²) in [5, 5.41) is 7.46. The molecule has 1 aromatic carbocycles. The van der Waals surface area contributed by atoms with Crippen LogP contribution in [0.25, 0.3) is 17.3 Å². The van der Waals surface area contributed by atoms with E-state index in [1.807, 2.05) is 0 Å². The Kier molecular flexibility index (Phi) is 6.27. The van der Waals surface area contributed by atoms with Crippen molar-refractivity contribution in [2.45, 2.75) is 18.6 Å². The third-order valence-corrected chi connectivity index (χ3v) is 6.63. The minimum absolute atomic E-state index is 0.0428. The van der Waals surface area contributed by atoms with Gasteiger partial charge in [0.1, 0.15) is 23.5 Å². The molecular weight excluding hydrogens is 448 g/mol. The minimum atomic E-state index is -3.88. The molecule has 4 aromatic rings. The van der Waals surface area contributed by atoms with E-state index in [0.717, 1.165) is 0 Å². The van der Waals surface area contributed by atoms with Gasteiger partial charge in [0.05, 0.1) is 25.7 Å². The van der Waals surface area contributed by atoms with Gasteiger partial charge in [0, 0.05) is 18.3 Å². The van der Waals surface area contributed by atoms with Crippen LogP contribution < -0.4 is 14.2 Å². The molecule has 172 valence electrons. The van der Waals surface area contributed by atoms with Gasteiger partial charge in [-0.1, -0.05) is 6.07 Å². The zero-order valence-electron chi connectivity index (χ0n) is 18.2. The molecule has 0 radical (unpaired) electrons. The molecule has 4 rings (SSSR count). The van der Waals surface area contributed by atoms with Crippen LogP contribution >= 0.6 is 0 Å². The normalized spacial score (nSPS) is 12.3. The van der Waals surface area contributed by atoms with Crippen molar-refractivity contribution in [3.05, 3.63) is 60.9 Å². The number of aromatic nitrogens is 5. The molecule has 0 aliphatic rings. The fourth-order valence-electron chi connectivity index (χ4n) is 3.25. The number of benzene rings is 1. The second kappa shape index (κ2) is 9.28. The van der Waals surface area contributed by atoms with Crippen molar-refractivity contribution in [2.75, 3.05) is 18.9 Å². The molecule has 1 N–H and O–H groups in total. The number of ether oxygens (including phenoxy) is 2. The summed E-state index contributed by atoms with van der Waals surface area (Å²) in [7, 11) is -0.877. The molecule has 0 saturated carbocycles. The third-order valence-electron chi connectivity index (χ3n) is 4.93. The number of sulfonamides is 1. The van der Waals surface area contributed by atoms with Crippen LogP contribution in [0.15, 0.2) is 59.6 Å². The van der Waals surface area contributed by atoms with E-state index in [-0.39, 0.29) is 18.2 Å². The Bertz CT molecular complexity index is 1300. The molecule has 0 saturated heterocycles. The van der Waals surface area contributed by atoms with Crippen LogP contribution in [0.2, 0.25) is 0 Å². The Morgan fingerprint density at radius 2 is 1.85 bits per heavy atom. The van der Waals surface area contributed by atoms with E-state index in [2.05, 4.69) is 24.9 Å². The summed E-state index contributed by atoms with van der Waals surface area (Å²) in [6.07, 6.45) is 4.62. The lowest BCUT2D eigenvalue weighted by Gasteiger charge is -2.18. The lowest BCUT2D eigenvalue weighted by Crippen LogP contribution is -2.29. The van der Waals surface area contributed by atoms with Gasteiger partial charge in [-0.05, 0) is 37.3 Å². The molecular formula is C21H22N6O5S. The maximum atomic E-state index is 13.2. The number of rotatable bonds is 9. The van der Waals surface area contributed by atoms with Crippen LogP contribution in [-0.2, 0) is 16.4 Å². The molecule has 0 aliphatic carbocycles. The number of nitrogens with one attached hydrogen (secondary N) is 1. The van der Waals surface area contributed by atoms with E-state index in [1.165, 1.54) is 31.4 Å². The standard InChI is InChI=1S/C21H22N6O5S/c1-14(12-15-9-10-22-13-23-15)33(28,29)26-21-25-24-20(18-8-5-11-32-18)27(21)19-16(30-2)6-4-7-17(19)31-3/h4-11,13-14H,12H2,1-3H3,(H,25,26)/t14-/m1/s1. The fraction of sp³-hybridized carbons (Fsp3) is 0.238. The van der Waals surface area contributed by atoms with Gasteiger partial charge in [0.2, 0.25) is 21.8 Å². The van der Waals surface area contributed by atoms with E-state index in [0.29, 0.717) is 28.6 Å². The highest BCUT2D eigenvalue weighted by molar-refractivity contribution is 7.93. The van der Waals surface area contributed by atoms with Gasteiger partial charge in [-0.15, -0.1) is 10.2 Å². The van der Waals surface area contributed by atoms with Gasteiger partial charge in [0.15, 0.2) is 5.76 Å². The highest BCUT2D eigenvalue weighted by Crippen LogP contribution is 2.37. The van der Waals surface area contributed by atoms with Gasteiger partial charge < -0.3 is 13.9 Å². The Balaban J connectivity index is 1.79. The van der Waals surface area contributed by atoms with Crippen LogP contribution in [-0.4, -0.2) is 52.6 Å². The molecule has 1 atom stereocenters. The predicted octanol–water partition coefficient (Wildman–Crippen LogP) is 2.71. The topological polar surface area (TPSA) is 134 Å².